The second-order valence-corrected chi connectivity index (χ2v) is 10.4. The van der Waals surface area contributed by atoms with Gasteiger partial charge in [-0.15, -0.1) is 0 Å². The van der Waals surface area contributed by atoms with Crippen LogP contribution in [0.3, 0.4) is 0 Å². The molecule has 2 aliphatic heterocycles. The number of nitrogens with zero attached hydrogens (tertiary/aromatic N) is 3. The van der Waals surface area contributed by atoms with Gasteiger partial charge >= 0.3 is 12.2 Å². The SMILES string of the molecule is O=C(O)NC1CC2(C1)CC(NC(=O)O[C@@H]1CCN(c3cnn(C4CCCCO4)c(=O)c3Cl)C1)C2. The summed E-state index contributed by atoms with van der Waals surface area (Å²) >= 11 is 6.40. The average molecular weight is 496 g/mol. The second-order valence-electron chi connectivity index (χ2n) is 9.98. The highest BCUT2D eigenvalue weighted by Crippen LogP contribution is 2.55. The fourth-order valence-corrected chi connectivity index (χ4v) is 6.11. The number of halogens is 1. The van der Waals surface area contributed by atoms with Crippen molar-refractivity contribution in [3.8, 4) is 0 Å². The fourth-order valence-electron chi connectivity index (χ4n) is 5.86. The summed E-state index contributed by atoms with van der Waals surface area (Å²) in [6.07, 6.45) is 6.14. The van der Waals surface area contributed by atoms with Gasteiger partial charge < -0.3 is 30.1 Å². The van der Waals surface area contributed by atoms with Crippen molar-refractivity contribution in [2.24, 2.45) is 5.41 Å². The Labute approximate surface area is 201 Å². The number of carboxylic acid groups (broad SMARTS) is 1. The number of nitrogens with one attached hydrogen (secondary N) is 2. The summed E-state index contributed by atoms with van der Waals surface area (Å²) in [5.41, 5.74) is 0.325. The molecule has 3 heterocycles. The van der Waals surface area contributed by atoms with E-state index in [1.807, 2.05) is 4.90 Å². The Bertz CT molecular complexity index is 998. The van der Waals surface area contributed by atoms with E-state index in [2.05, 4.69) is 15.7 Å². The van der Waals surface area contributed by atoms with Gasteiger partial charge in [-0.3, -0.25) is 4.79 Å². The van der Waals surface area contributed by atoms with Crippen molar-refractivity contribution in [3.63, 3.8) is 0 Å². The first-order chi connectivity index (χ1) is 16.3. The van der Waals surface area contributed by atoms with Crippen molar-refractivity contribution in [3.05, 3.63) is 21.6 Å². The molecule has 1 aromatic heterocycles. The average Bonchev–Trinajstić information content (AvgIpc) is 3.21. The van der Waals surface area contributed by atoms with E-state index in [0.717, 1.165) is 44.9 Å². The molecule has 186 valence electrons. The normalized spacial score (nSPS) is 32.6. The van der Waals surface area contributed by atoms with Gasteiger partial charge in [0.05, 0.1) is 18.4 Å². The number of amides is 2. The maximum Gasteiger partial charge on any atom is 0.407 e. The van der Waals surface area contributed by atoms with Crippen molar-refractivity contribution < 1.29 is 24.2 Å². The molecule has 34 heavy (non-hydrogen) atoms. The lowest BCUT2D eigenvalue weighted by molar-refractivity contribution is -0.0424. The summed E-state index contributed by atoms with van der Waals surface area (Å²) in [5, 5.41) is 18.6. The number of anilines is 1. The summed E-state index contributed by atoms with van der Waals surface area (Å²) in [6, 6.07) is 0.0810. The van der Waals surface area contributed by atoms with Gasteiger partial charge in [-0.1, -0.05) is 11.6 Å². The van der Waals surface area contributed by atoms with Gasteiger partial charge in [-0.25, -0.2) is 9.59 Å². The summed E-state index contributed by atoms with van der Waals surface area (Å²) < 4.78 is 12.6. The number of rotatable bonds is 5. The Balaban J connectivity index is 1.09. The van der Waals surface area contributed by atoms with Crippen LogP contribution in [0.25, 0.3) is 0 Å². The first-order valence-electron chi connectivity index (χ1n) is 11.9. The van der Waals surface area contributed by atoms with E-state index in [1.165, 1.54) is 4.68 Å². The Morgan fingerprint density at radius 3 is 2.59 bits per heavy atom. The first-order valence-corrected chi connectivity index (χ1v) is 12.3. The van der Waals surface area contributed by atoms with Gasteiger partial charge in [0.15, 0.2) is 6.23 Å². The van der Waals surface area contributed by atoms with Crippen molar-refractivity contribution in [1.82, 2.24) is 20.4 Å². The molecule has 5 rings (SSSR count). The molecule has 2 saturated heterocycles. The van der Waals surface area contributed by atoms with Gasteiger partial charge in [0.25, 0.3) is 5.56 Å². The van der Waals surface area contributed by atoms with E-state index in [9.17, 15) is 14.4 Å². The number of hydrogen-bond acceptors (Lipinski definition) is 7. The van der Waals surface area contributed by atoms with Crippen LogP contribution in [0, 0.1) is 5.41 Å². The van der Waals surface area contributed by atoms with Crippen LogP contribution < -0.4 is 21.1 Å². The van der Waals surface area contributed by atoms with E-state index >= 15 is 0 Å². The van der Waals surface area contributed by atoms with Crippen molar-refractivity contribution in [2.75, 3.05) is 24.6 Å². The predicted octanol–water partition coefficient (Wildman–Crippen LogP) is 2.48. The number of alkyl carbamates (subject to hydrolysis) is 1. The predicted molar refractivity (Wildman–Crippen MR) is 122 cm³/mol. The minimum absolute atomic E-state index is 0.0217. The monoisotopic (exact) mass is 495 g/mol. The van der Waals surface area contributed by atoms with Crippen LogP contribution in [0.1, 0.15) is 57.6 Å². The first kappa shape index (κ1) is 23.2. The molecule has 1 unspecified atom stereocenters. The van der Waals surface area contributed by atoms with E-state index in [1.54, 1.807) is 6.20 Å². The van der Waals surface area contributed by atoms with E-state index in [0.29, 0.717) is 31.8 Å². The van der Waals surface area contributed by atoms with Gasteiger partial charge in [0.2, 0.25) is 0 Å². The maximum atomic E-state index is 12.8. The molecule has 2 atom stereocenters. The maximum absolute atomic E-state index is 12.8. The Morgan fingerprint density at radius 1 is 1.18 bits per heavy atom. The molecule has 2 amide bonds. The van der Waals surface area contributed by atoms with Crippen LogP contribution in [0.5, 0.6) is 0 Å². The molecule has 0 bridgehead atoms. The zero-order valence-corrected chi connectivity index (χ0v) is 19.6. The van der Waals surface area contributed by atoms with E-state index in [-0.39, 0.29) is 40.4 Å². The molecule has 0 aromatic carbocycles. The lowest BCUT2D eigenvalue weighted by atomic mass is 9.52. The minimum atomic E-state index is -0.987. The van der Waals surface area contributed by atoms with E-state index in [4.69, 9.17) is 26.2 Å². The second kappa shape index (κ2) is 9.26. The molecule has 2 aliphatic carbocycles. The van der Waals surface area contributed by atoms with Crippen LogP contribution in [0.2, 0.25) is 5.02 Å². The number of carbonyl (C=O) groups excluding carboxylic acids is 1. The van der Waals surface area contributed by atoms with Crippen molar-refractivity contribution >= 4 is 29.5 Å². The van der Waals surface area contributed by atoms with Gasteiger partial charge in [0.1, 0.15) is 11.1 Å². The molecule has 2 saturated carbocycles. The highest BCUT2D eigenvalue weighted by atomic mass is 35.5. The summed E-state index contributed by atoms with van der Waals surface area (Å²) in [7, 11) is 0. The van der Waals surface area contributed by atoms with Crippen LogP contribution in [0.15, 0.2) is 11.0 Å². The summed E-state index contributed by atoms with van der Waals surface area (Å²) in [6.45, 7) is 1.65. The Morgan fingerprint density at radius 2 is 1.91 bits per heavy atom. The Hall–Kier alpha value is -2.53. The number of ether oxygens (including phenoxy) is 2. The highest BCUT2D eigenvalue weighted by Gasteiger charge is 2.53. The molecular weight excluding hydrogens is 466 g/mol. The summed E-state index contributed by atoms with van der Waals surface area (Å²) in [4.78, 5) is 37.7. The number of hydrogen-bond donors (Lipinski definition) is 3. The standard InChI is InChI=1S/C22H30ClN5O6/c23-18-16(11-24-28(19(18)29)17-3-1-2-6-33-17)27-5-4-15(12-27)34-21(32)26-14-9-22(10-14)7-13(8-22)25-20(30)31/h11,13-15,17,25H,1-10,12H2,(H,26,32)(H,30,31)/t13?,14?,15-,17?,22?/m1/s1. The topological polar surface area (TPSA) is 135 Å². The largest absolute Gasteiger partial charge is 0.465 e. The van der Waals surface area contributed by atoms with Crippen molar-refractivity contribution in [2.45, 2.75) is 75.8 Å². The fraction of sp³-hybridized carbons (Fsp3) is 0.727. The van der Waals surface area contributed by atoms with Crippen LogP contribution in [0.4, 0.5) is 15.3 Å². The van der Waals surface area contributed by atoms with Gasteiger partial charge in [0, 0.05) is 31.7 Å². The number of aromatic nitrogens is 2. The third kappa shape index (κ3) is 4.68. The lowest BCUT2D eigenvalue weighted by Crippen LogP contribution is -2.61. The van der Waals surface area contributed by atoms with Gasteiger partial charge in [-0.05, 0) is 50.4 Å². The van der Waals surface area contributed by atoms with Crippen LogP contribution >= 0.6 is 11.6 Å². The molecule has 11 nitrogen and oxygen atoms in total. The molecule has 0 radical (unpaired) electrons. The van der Waals surface area contributed by atoms with Crippen molar-refractivity contribution in [1.29, 1.82) is 0 Å². The zero-order chi connectivity index (χ0) is 23.9. The molecule has 4 fully saturated rings. The lowest BCUT2D eigenvalue weighted by Gasteiger charge is -2.57. The molecule has 1 aromatic rings. The third-order valence-corrected chi connectivity index (χ3v) is 7.84. The molecule has 3 N–H and O–H groups in total. The van der Waals surface area contributed by atoms with Crippen LogP contribution in [-0.4, -0.2) is 65.0 Å². The zero-order valence-electron chi connectivity index (χ0n) is 18.9. The molecule has 4 aliphatic rings. The highest BCUT2D eigenvalue weighted by molar-refractivity contribution is 6.33. The minimum Gasteiger partial charge on any atom is -0.465 e. The molecule has 1 spiro atoms. The quantitative estimate of drug-likeness (QED) is 0.567. The van der Waals surface area contributed by atoms with Crippen LogP contribution in [-0.2, 0) is 9.47 Å². The third-order valence-electron chi connectivity index (χ3n) is 7.48. The molecular formula is C22H30ClN5O6. The van der Waals surface area contributed by atoms with Gasteiger partial charge in [-0.2, -0.15) is 9.78 Å². The number of carbonyl (C=O) groups is 2. The summed E-state index contributed by atoms with van der Waals surface area (Å²) in [5.74, 6) is 0. The van der Waals surface area contributed by atoms with E-state index < -0.39 is 12.2 Å². The molecule has 12 heteroatoms. The Kier molecular flexibility index (Phi) is 6.32. The smallest absolute Gasteiger partial charge is 0.407 e.